The second-order valence-corrected chi connectivity index (χ2v) is 2.66. The highest BCUT2D eigenvalue weighted by Crippen LogP contribution is 2.24. The van der Waals surface area contributed by atoms with Crippen molar-refractivity contribution < 1.29 is 9.21 Å². The van der Waals surface area contributed by atoms with Crippen LogP contribution in [0.4, 0.5) is 0 Å². The van der Waals surface area contributed by atoms with Gasteiger partial charge in [0.1, 0.15) is 0 Å². The summed E-state index contributed by atoms with van der Waals surface area (Å²) in [5.41, 5.74) is 2.46. The molecule has 2 rings (SSSR count). The van der Waals surface area contributed by atoms with Crippen molar-refractivity contribution in [3.63, 3.8) is 0 Å². The molecular formula is C10H7O2. The first-order chi connectivity index (χ1) is 5.77. The van der Waals surface area contributed by atoms with Gasteiger partial charge in [0.15, 0.2) is 5.78 Å². The number of Topliss-reactive ketones (excluding diaryl/α,β-unsaturated/α-hetero) is 1. The molecule has 0 aromatic carbocycles. The summed E-state index contributed by atoms with van der Waals surface area (Å²) in [4.78, 5) is 11.0. The average Bonchev–Trinajstić information content (AvgIpc) is 2.46. The van der Waals surface area contributed by atoms with Crippen molar-refractivity contribution in [1.29, 1.82) is 0 Å². The summed E-state index contributed by atoms with van der Waals surface area (Å²) < 4.78 is 4.95. The Morgan fingerprint density at radius 3 is 3.08 bits per heavy atom. The maximum atomic E-state index is 11.0. The monoisotopic (exact) mass is 159 g/mol. The van der Waals surface area contributed by atoms with Gasteiger partial charge < -0.3 is 4.42 Å². The van der Waals surface area contributed by atoms with Crippen LogP contribution in [-0.2, 0) is 0 Å². The molecule has 1 heterocycles. The molecule has 59 valence electrons. The van der Waals surface area contributed by atoms with Gasteiger partial charge in [0.2, 0.25) is 0 Å². The Kier molecular flexibility index (Phi) is 1.47. The molecule has 0 amide bonds. The van der Waals surface area contributed by atoms with Gasteiger partial charge in [0.05, 0.1) is 12.5 Å². The summed E-state index contributed by atoms with van der Waals surface area (Å²) >= 11 is 0. The summed E-state index contributed by atoms with van der Waals surface area (Å²) in [5, 5.41) is 0. The summed E-state index contributed by atoms with van der Waals surface area (Å²) in [6.07, 6.45) is 3.18. The van der Waals surface area contributed by atoms with Gasteiger partial charge in [-0.3, -0.25) is 4.79 Å². The van der Waals surface area contributed by atoms with E-state index in [9.17, 15) is 4.79 Å². The zero-order chi connectivity index (χ0) is 8.55. The highest BCUT2D eigenvalue weighted by atomic mass is 16.3. The lowest BCUT2D eigenvalue weighted by atomic mass is 10.2. The molecule has 1 aliphatic heterocycles. The molecule has 0 bridgehead atoms. The maximum Gasteiger partial charge on any atom is 0.160 e. The quantitative estimate of drug-likeness (QED) is 0.598. The topological polar surface area (TPSA) is 30.2 Å². The van der Waals surface area contributed by atoms with Crippen molar-refractivity contribution in [3.8, 4) is 11.1 Å². The van der Waals surface area contributed by atoms with E-state index < -0.39 is 0 Å². The molecular weight excluding hydrogens is 152 g/mol. The van der Waals surface area contributed by atoms with E-state index >= 15 is 0 Å². The van der Waals surface area contributed by atoms with Crippen molar-refractivity contribution in [3.05, 3.63) is 36.3 Å². The van der Waals surface area contributed by atoms with Gasteiger partial charge in [-0.05, 0) is 24.6 Å². The van der Waals surface area contributed by atoms with E-state index in [1.807, 2.05) is 0 Å². The predicted molar refractivity (Wildman–Crippen MR) is 44.2 cm³/mol. The molecule has 2 aliphatic rings. The highest BCUT2D eigenvalue weighted by molar-refractivity contribution is 5.97. The first-order valence-corrected chi connectivity index (χ1v) is 3.66. The minimum absolute atomic E-state index is 0.0335. The molecule has 2 nitrogen and oxygen atoms in total. The Labute approximate surface area is 70.2 Å². The Morgan fingerprint density at radius 1 is 1.58 bits per heavy atom. The van der Waals surface area contributed by atoms with Crippen LogP contribution in [0.25, 0.3) is 11.1 Å². The van der Waals surface area contributed by atoms with E-state index in [4.69, 9.17) is 4.42 Å². The summed E-state index contributed by atoms with van der Waals surface area (Å²) in [6.45, 7) is 1.53. The fraction of sp³-hybridized carbons (Fsp3) is 0.100. The van der Waals surface area contributed by atoms with Gasteiger partial charge in [-0.1, -0.05) is 0 Å². The van der Waals surface area contributed by atoms with Crippen LogP contribution in [0.15, 0.2) is 29.1 Å². The first kappa shape index (κ1) is 7.10. The van der Waals surface area contributed by atoms with Gasteiger partial charge in [0.25, 0.3) is 0 Å². The molecule has 0 aromatic heterocycles. The molecule has 0 unspecified atom stereocenters. The lowest BCUT2D eigenvalue weighted by Crippen LogP contribution is -1.85. The second kappa shape index (κ2) is 2.48. The zero-order valence-electron chi connectivity index (χ0n) is 6.63. The standard InChI is InChI=1S/C10H7O2/c1-7(11)9-4-8-2-3-12-6-10(8)5-9/h2-3,5-6H,1H3. The van der Waals surface area contributed by atoms with Crippen LogP contribution in [0.2, 0.25) is 0 Å². The Balaban J connectivity index is 2.63. The number of hydrogen-bond donors (Lipinski definition) is 0. The lowest BCUT2D eigenvalue weighted by Gasteiger charge is -1.91. The lowest BCUT2D eigenvalue weighted by molar-refractivity contribution is 0.101. The predicted octanol–water partition coefficient (Wildman–Crippen LogP) is 2.39. The number of fused-ring (bicyclic) bond motifs is 1. The van der Waals surface area contributed by atoms with Crippen molar-refractivity contribution in [2.45, 2.75) is 6.92 Å². The number of ketones is 1. The summed E-state index contributed by atoms with van der Waals surface area (Å²) in [7, 11) is 0. The van der Waals surface area contributed by atoms with Gasteiger partial charge in [-0.25, -0.2) is 0 Å². The third kappa shape index (κ3) is 1.01. The summed E-state index contributed by atoms with van der Waals surface area (Å²) in [6, 6.07) is 6.56. The van der Waals surface area contributed by atoms with E-state index in [1.54, 1.807) is 24.7 Å². The van der Waals surface area contributed by atoms with E-state index in [0.717, 1.165) is 11.1 Å². The molecule has 1 aliphatic carbocycles. The minimum atomic E-state index is 0.0335. The number of carbonyl (C=O) groups is 1. The first-order valence-electron chi connectivity index (χ1n) is 3.66. The normalized spacial score (nSPS) is 10.4. The Bertz CT molecular complexity index is 357. The van der Waals surface area contributed by atoms with Gasteiger partial charge in [-0.15, -0.1) is 0 Å². The SMILES string of the molecule is CC(=O)c1[c]c2ccocc-2c1. The molecule has 0 fully saturated rings. The van der Waals surface area contributed by atoms with Crippen LogP contribution in [0.3, 0.4) is 0 Å². The van der Waals surface area contributed by atoms with Crippen molar-refractivity contribution in [2.75, 3.05) is 0 Å². The van der Waals surface area contributed by atoms with Crippen LogP contribution in [-0.4, -0.2) is 5.78 Å². The number of hydrogen-bond acceptors (Lipinski definition) is 2. The van der Waals surface area contributed by atoms with Crippen LogP contribution >= 0.6 is 0 Å². The van der Waals surface area contributed by atoms with Crippen LogP contribution in [0.5, 0.6) is 0 Å². The largest absolute Gasteiger partial charge is 0.472 e. The highest BCUT2D eigenvalue weighted by Gasteiger charge is 2.09. The number of rotatable bonds is 1. The van der Waals surface area contributed by atoms with Crippen LogP contribution in [0, 0.1) is 6.07 Å². The van der Waals surface area contributed by atoms with E-state index in [0.29, 0.717) is 5.56 Å². The van der Waals surface area contributed by atoms with Gasteiger partial charge in [0, 0.05) is 17.2 Å². The molecule has 0 spiro atoms. The molecule has 2 heteroatoms. The minimum Gasteiger partial charge on any atom is -0.472 e. The summed E-state index contributed by atoms with van der Waals surface area (Å²) in [5.74, 6) is 0.0335. The molecule has 0 N–H and O–H groups in total. The van der Waals surface area contributed by atoms with Crippen LogP contribution in [0.1, 0.15) is 17.3 Å². The van der Waals surface area contributed by atoms with Crippen molar-refractivity contribution in [1.82, 2.24) is 0 Å². The number of carbonyl (C=O) groups excluding carboxylic acids is 1. The van der Waals surface area contributed by atoms with Crippen molar-refractivity contribution in [2.24, 2.45) is 0 Å². The third-order valence-corrected chi connectivity index (χ3v) is 1.77. The van der Waals surface area contributed by atoms with E-state index in [1.165, 1.54) is 6.92 Å². The third-order valence-electron chi connectivity index (χ3n) is 1.77. The van der Waals surface area contributed by atoms with E-state index in [2.05, 4.69) is 6.07 Å². The fourth-order valence-corrected chi connectivity index (χ4v) is 1.13. The Morgan fingerprint density at radius 2 is 2.42 bits per heavy atom. The molecule has 0 atom stereocenters. The van der Waals surface area contributed by atoms with Gasteiger partial charge >= 0.3 is 0 Å². The molecule has 0 saturated carbocycles. The van der Waals surface area contributed by atoms with Gasteiger partial charge in [-0.2, -0.15) is 0 Å². The smallest absolute Gasteiger partial charge is 0.160 e. The molecule has 1 radical (unpaired) electrons. The fourth-order valence-electron chi connectivity index (χ4n) is 1.13. The van der Waals surface area contributed by atoms with Crippen molar-refractivity contribution >= 4 is 5.78 Å². The zero-order valence-corrected chi connectivity index (χ0v) is 6.63. The molecule has 0 aromatic rings. The second-order valence-electron chi connectivity index (χ2n) is 2.66. The Hall–Kier alpha value is -1.57. The maximum absolute atomic E-state index is 11.0. The van der Waals surface area contributed by atoms with Crippen LogP contribution < -0.4 is 0 Å². The molecule has 12 heavy (non-hydrogen) atoms. The average molecular weight is 159 g/mol. The van der Waals surface area contributed by atoms with E-state index in [-0.39, 0.29) is 5.78 Å². The molecule has 0 saturated heterocycles.